The molecule has 0 fully saturated rings. The number of fused-ring (bicyclic) bond motifs is 1. The van der Waals surface area contributed by atoms with Gasteiger partial charge in [-0.15, -0.1) is 0 Å². The molecule has 3 aromatic rings. The van der Waals surface area contributed by atoms with Gasteiger partial charge in [0.2, 0.25) is 0 Å². The van der Waals surface area contributed by atoms with Gasteiger partial charge in [-0.2, -0.15) is 0 Å². The lowest BCUT2D eigenvalue weighted by Crippen LogP contribution is -1.94. The molecule has 0 aliphatic rings. The number of hydrogen-bond acceptors (Lipinski definition) is 2. The summed E-state index contributed by atoms with van der Waals surface area (Å²) in [5, 5.41) is 1.65. The molecule has 20 heavy (non-hydrogen) atoms. The fourth-order valence-electron chi connectivity index (χ4n) is 2.20. The van der Waals surface area contributed by atoms with Crippen LogP contribution in [0.25, 0.3) is 22.3 Å². The number of aromatic nitrogens is 2. The molecule has 0 unspecified atom stereocenters. The van der Waals surface area contributed by atoms with Crippen LogP contribution in [0.3, 0.4) is 0 Å². The Kier molecular flexibility index (Phi) is 3.36. The fourth-order valence-corrected chi connectivity index (χ4v) is 2.78. The number of aryl methyl sites for hydroxylation is 2. The average Bonchev–Trinajstić information content (AvgIpc) is 2.41. The molecule has 2 nitrogen and oxygen atoms in total. The summed E-state index contributed by atoms with van der Waals surface area (Å²) in [4.78, 5) is 8.99. The third-order valence-electron chi connectivity index (χ3n) is 3.26. The Hall–Kier alpha value is -1.64. The molecule has 0 aliphatic heterocycles. The van der Waals surface area contributed by atoms with Gasteiger partial charge in [0.1, 0.15) is 5.15 Å². The fraction of sp³-hybridized carbons (Fsp3) is 0.125. The largest absolute Gasteiger partial charge is 0.228 e. The summed E-state index contributed by atoms with van der Waals surface area (Å²) in [5.74, 6) is 0.631. The van der Waals surface area contributed by atoms with Gasteiger partial charge < -0.3 is 0 Å². The van der Waals surface area contributed by atoms with E-state index >= 15 is 0 Å². The number of nitrogens with zero attached hydrogens (tertiary/aromatic N) is 2. The standard InChI is InChI=1S/C16H12Cl2N2/c1-9-6-7-10(2)11(8-9)16-19-13-5-3-4-12(17)14(13)15(18)20-16/h3-8H,1-2H3. The van der Waals surface area contributed by atoms with Crippen molar-refractivity contribution < 1.29 is 0 Å². The van der Waals surface area contributed by atoms with Crippen LogP contribution in [-0.2, 0) is 0 Å². The van der Waals surface area contributed by atoms with E-state index in [1.54, 1.807) is 6.07 Å². The highest BCUT2D eigenvalue weighted by molar-refractivity contribution is 6.41. The normalized spacial score (nSPS) is 11.0. The lowest BCUT2D eigenvalue weighted by atomic mass is 10.0. The number of rotatable bonds is 1. The van der Waals surface area contributed by atoms with Crippen LogP contribution in [-0.4, -0.2) is 9.97 Å². The molecule has 0 aliphatic carbocycles. The molecule has 0 amide bonds. The molecule has 3 rings (SSSR count). The van der Waals surface area contributed by atoms with Crippen molar-refractivity contribution >= 4 is 34.1 Å². The summed E-state index contributed by atoms with van der Waals surface area (Å²) in [6.07, 6.45) is 0. The predicted octanol–water partition coefficient (Wildman–Crippen LogP) is 5.22. The first-order valence-electron chi connectivity index (χ1n) is 6.25. The summed E-state index contributed by atoms with van der Waals surface area (Å²) in [5.41, 5.74) is 4.03. The predicted molar refractivity (Wildman–Crippen MR) is 84.5 cm³/mol. The molecule has 4 heteroatoms. The highest BCUT2D eigenvalue weighted by Gasteiger charge is 2.12. The Bertz CT molecular complexity index is 813. The van der Waals surface area contributed by atoms with Crippen molar-refractivity contribution in [2.45, 2.75) is 13.8 Å². The SMILES string of the molecule is Cc1ccc(C)c(-c2nc(Cl)c3c(Cl)cccc3n2)c1. The van der Waals surface area contributed by atoms with Gasteiger partial charge in [0.15, 0.2) is 5.82 Å². The molecular weight excluding hydrogens is 291 g/mol. The van der Waals surface area contributed by atoms with E-state index in [4.69, 9.17) is 23.2 Å². The van der Waals surface area contributed by atoms with Crippen molar-refractivity contribution in [1.29, 1.82) is 0 Å². The van der Waals surface area contributed by atoms with Crippen molar-refractivity contribution in [3.05, 3.63) is 57.7 Å². The molecule has 0 N–H and O–H groups in total. The molecule has 100 valence electrons. The second-order valence-corrected chi connectivity index (χ2v) is 5.56. The minimum Gasteiger partial charge on any atom is -0.228 e. The molecule has 0 spiro atoms. The van der Waals surface area contributed by atoms with Gasteiger partial charge >= 0.3 is 0 Å². The number of halogens is 2. The van der Waals surface area contributed by atoms with E-state index in [1.165, 1.54) is 0 Å². The Labute approximate surface area is 127 Å². The summed E-state index contributed by atoms with van der Waals surface area (Å²) >= 11 is 12.4. The first-order chi connectivity index (χ1) is 9.56. The topological polar surface area (TPSA) is 25.8 Å². The van der Waals surface area contributed by atoms with Crippen molar-refractivity contribution in [2.75, 3.05) is 0 Å². The Morgan fingerprint density at radius 2 is 1.75 bits per heavy atom. The van der Waals surface area contributed by atoms with Crippen molar-refractivity contribution in [2.24, 2.45) is 0 Å². The van der Waals surface area contributed by atoms with Gasteiger partial charge in [-0.1, -0.05) is 47.0 Å². The Morgan fingerprint density at radius 1 is 0.950 bits per heavy atom. The molecule has 1 aromatic heterocycles. The van der Waals surface area contributed by atoms with Crippen LogP contribution < -0.4 is 0 Å². The van der Waals surface area contributed by atoms with Crippen LogP contribution in [0, 0.1) is 13.8 Å². The molecule has 2 aromatic carbocycles. The van der Waals surface area contributed by atoms with E-state index in [9.17, 15) is 0 Å². The number of benzene rings is 2. The summed E-state index contributed by atoms with van der Waals surface area (Å²) in [6, 6.07) is 11.7. The van der Waals surface area contributed by atoms with E-state index in [-0.39, 0.29) is 0 Å². The summed E-state index contributed by atoms with van der Waals surface area (Å²) in [7, 11) is 0. The van der Waals surface area contributed by atoms with Gasteiger partial charge in [0, 0.05) is 5.56 Å². The van der Waals surface area contributed by atoms with Crippen molar-refractivity contribution in [3.8, 4) is 11.4 Å². The third kappa shape index (κ3) is 2.26. The quantitative estimate of drug-likeness (QED) is 0.576. The zero-order valence-corrected chi connectivity index (χ0v) is 12.6. The van der Waals surface area contributed by atoms with Crippen molar-refractivity contribution in [1.82, 2.24) is 9.97 Å². The average molecular weight is 303 g/mol. The molecule has 0 saturated carbocycles. The summed E-state index contributed by atoms with van der Waals surface area (Å²) < 4.78 is 0. The van der Waals surface area contributed by atoms with Crippen LogP contribution in [0.5, 0.6) is 0 Å². The van der Waals surface area contributed by atoms with Crippen molar-refractivity contribution in [3.63, 3.8) is 0 Å². The second kappa shape index (κ2) is 5.04. The minimum atomic E-state index is 0.386. The lowest BCUT2D eigenvalue weighted by molar-refractivity contribution is 1.21. The van der Waals surface area contributed by atoms with Crippen LogP contribution in [0.1, 0.15) is 11.1 Å². The van der Waals surface area contributed by atoms with Crippen LogP contribution in [0.2, 0.25) is 10.2 Å². The second-order valence-electron chi connectivity index (χ2n) is 4.79. The van der Waals surface area contributed by atoms with E-state index in [2.05, 4.69) is 28.2 Å². The monoisotopic (exact) mass is 302 g/mol. The highest BCUT2D eigenvalue weighted by Crippen LogP contribution is 2.31. The van der Waals surface area contributed by atoms with Gasteiger partial charge in [0.25, 0.3) is 0 Å². The molecule has 0 atom stereocenters. The maximum atomic E-state index is 6.27. The van der Waals surface area contributed by atoms with E-state index < -0.39 is 0 Å². The van der Waals surface area contributed by atoms with Crippen LogP contribution in [0.15, 0.2) is 36.4 Å². The van der Waals surface area contributed by atoms with Crippen LogP contribution >= 0.6 is 23.2 Å². The number of hydrogen-bond donors (Lipinski definition) is 0. The van der Waals surface area contributed by atoms with E-state index in [0.717, 1.165) is 22.2 Å². The van der Waals surface area contributed by atoms with E-state index in [0.29, 0.717) is 21.4 Å². The third-order valence-corrected chi connectivity index (χ3v) is 3.85. The van der Waals surface area contributed by atoms with Gasteiger partial charge in [0.05, 0.1) is 15.9 Å². The Balaban J connectivity index is 2.30. The highest BCUT2D eigenvalue weighted by atomic mass is 35.5. The summed E-state index contributed by atoms with van der Waals surface area (Å²) in [6.45, 7) is 4.08. The van der Waals surface area contributed by atoms with Gasteiger partial charge in [-0.05, 0) is 37.6 Å². The van der Waals surface area contributed by atoms with Gasteiger partial charge in [-0.3, -0.25) is 0 Å². The Morgan fingerprint density at radius 3 is 2.55 bits per heavy atom. The first-order valence-corrected chi connectivity index (χ1v) is 7.01. The van der Waals surface area contributed by atoms with Crippen LogP contribution in [0.4, 0.5) is 0 Å². The minimum absolute atomic E-state index is 0.386. The van der Waals surface area contributed by atoms with Gasteiger partial charge in [-0.25, -0.2) is 9.97 Å². The molecular formula is C16H12Cl2N2. The first kappa shape index (κ1) is 13.3. The van der Waals surface area contributed by atoms with E-state index in [1.807, 2.05) is 26.0 Å². The molecule has 0 saturated heterocycles. The molecule has 0 radical (unpaired) electrons. The smallest absolute Gasteiger partial charge is 0.161 e. The lowest BCUT2D eigenvalue weighted by Gasteiger charge is -2.09. The maximum Gasteiger partial charge on any atom is 0.161 e. The zero-order valence-electron chi connectivity index (χ0n) is 11.1. The zero-order chi connectivity index (χ0) is 14.3. The molecule has 0 bridgehead atoms. The molecule has 1 heterocycles. The maximum absolute atomic E-state index is 6.27.